The molecular weight excluding hydrogens is 332 g/mol. The quantitative estimate of drug-likeness (QED) is 0.845. The molecule has 1 spiro atoms. The topological polar surface area (TPSA) is 49.3 Å². The molecule has 0 radical (unpaired) electrons. The SMILES string of the molecule is Cc1cc(N(C)C2CC3(CCN(C(=O)Cc4ccsc4)C3)C2)ncn1. The molecule has 0 unspecified atom stereocenters. The molecule has 1 aliphatic carbocycles. The van der Waals surface area contributed by atoms with Gasteiger partial charge in [0.05, 0.1) is 6.42 Å². The fraction of sp³-hybridized carbons (Fsp3) is 0.526. The zero-order valence-electron chi connectivity index (χ0n) is 14.8. The molecule has 0 atom stereocenters. The fourth-order valence-corrected chi connectivity index (χ4v) is 4.86. The van der Waals surface area contributed by atoms with Gasteiger partial charge in [-0.3, -0.25) is 4.79 Å². The van der Waals surface area contributed by atoms with Crippen molar-refractivity contribution in [1.82, 2.24) is 14.9 Å². The first-order chi connectivity index (χ1) is 12.0. The van der Waals surface area contributed by atoms with Crippen molar-refractivity contribution < 1.29 is 4.79 Å². The van der Waals surface area contributed by atoms with E-state index >= 15 is 0 Å². The number of hydrogen-bond acceptors (Lipinski definition) is 5. The maximum absolute atomic E-state index is 12.5. The number of aromatic nitrogens is 2. The third kappa shape index (κ3) is 3.27. The van der Waals surface area contributed by atoms with Gasteiger partial charge >= 0.3 is 0 Å². The van der Waals surface area contributed by atoms with Crippen molar-refractivity contribution in [1.29, 1.82) is 0 Å². The number of nitrogens with zero attached hydrogens (tertiary/aromatic N) is 4. The number of likely N-dealkylation sites (tertiary alicyclic amines) is 1. The van der Waals surface area contributed by atoms with Gasteiger partial charge in [-0.2, -0.15) is 11.3 Å². The zero-order chi connectivity index (χ0) is 17.4. The van der Waals surface area contributed by atoms with Gasteiger partial charge in [0.2, 0.25) is 5.91 Å². The van der Waals surface area contributed by atoms with Crippen LogP contribution in [0.4, 0.5) is 5.82 Å². The van der Waals surface area contributed by atoms with Crippen molar-refractivity contribution in [3.63, 3.8) is 0 Å². The second-order valence-corrected chi connectivity index (χ2v) is 8.34. The minimum atomic E-state index is 0.276. The van der Waals surface area contributed by atoms with Crippen LogP contribution in [-0.4, -0.2) is 47.0 Å². The van der Waals surface area contributed by atoms with E-state index in [1.54, 1.807) is 17.7 Å². The highest BCUT2D eigenvalue weighted by molar-refractivity contribution is 7.08. The van der Waals surface area contributed by atoms with E-state index in [9.17, 15) is 4.79 Å². The summed E-state index contributed by atoms with van der Waals surface area (Å²) in [7, 11) is 2.12. The highest BCUT2D eigenvalue weighted by Crippen LogP contribution is 2.50. The maximum Gasteiger partial charge on any atom is 0.227 e. The summed E-state index contributed by atoms with van der Waals surface area (Å²) in [6.45, 7) is 3.82. The smallest absolute Gasteiger partial charge is 0.227 e. The molecule has 1 aliphatic heterocycles. The number of anilines is 1. The Morgan fingerprint density at radius 1 is 1.44 bits per heavy atom. The first-order valence-electron chi connectivity index (χ1n) is 8.85. The summed E-state index contributed by atoms with van der Waals surface area (Å²) in [5.74, 6) is 1.27. The van der Waals surface area contributed by atoms with Gasteiger partial charge in [0.25, 0.3) is 0 Å². The van der Waals surface area contributed by atoms with Crippen LogP contribution in [0.1, 0.15) is 30.5 Å². The van der Waals surface area contributed by atoms with Crippen LogP contribution in [0.2, 0.25) is 0 Å². The van der Waals surface area contributed by atoms with E-state index < -0.39 is 0 Å². The van der Waals surface area contributed by atoms with Gasteiger partial charge in [-0.05, 0) is 54.0 Å². The van der Waals surface area contributed by atoms with Gasteiger partial charge in [-0.1, -0.05) is 0 Å². The molecule has 6 heteroatoms. The summed E-state index contributed by atoms with van der Waals surface area (Å²) in [6, 6.07) is 4.60. The highest BCUT2D eigenvalue weighted by Gasteiger charge is 2.50. The average Bonchev–Trinajstić information content (AvgIpc) is 3.22. The van der Waals surface area contributed by atoms with Gasteiger partial charge in [0, 0.05) is 37.9 Å². The van der Waals surface area contributed by atoms with Crippen molar-refractivity contribution in [2.24, 2.45) is 5.41 Å². The third-order valence-electron chi connectivity index (χ3n) is 5.76. The van der Waals surface area contributed by atoms with Gasteiger partial charge < -0.3 is 9.80 Å². The van der Waals surface area contributed by atoms with E-state index in [4.69, 9.17) is 0 Å². The second-order valence-electron chi connectivity index (χ2n) is 7.56. The third-order valence-corrected chi connectivity index (χ3v) is 6.49. The minimum Gasteiger partial charge on any atom is -0.357 e. The predicted octanol–water partition coefficient (Wildman–Crippen LogP) is 2.91. The molecule has 3 heterocycles. The number of aryl methyl sites for hydroxylation is 1. The van der Waals surface area contributed by atoms with Crippen LogP contribution in [0.5, 0.6) is 0 Å². The number of thiophene rings is 1. The molecule has 1 saturated heterocycles. The Balaban J connectivity index is 1.33. The summed E-state index contributed by atoms with van der Waals surface area (Å²) >= 11 is 1.66. The van der Waals surface area contributed by atoms with Gasteiger partial charge in [-0.25, -0.2) is 9.97 Å². The Labute approximate surface area is 152 Å². The van der Waals surface area contributed by atoms with Crippen LogP contribution in [0.15, 0.2) is 29.2 Å². The van der Waals surface area contributed by atoms with Crippen molar-refractivity contribution in [3.05, 3.63) is 40.5 Å². The zero-order valence-corrected chi connectivity index (χ0v) is 15.6. The fourth-order valence-electron chi connectivity index (χ4n) is 4.20. The molecular formula is C19H24N4OS. The molecule has 132 valence electrons. The van der Waals surface area contributed by atoms with E-state index in [0.717, 1.165) is 49.4 Å². The molecule has 2 aromatic rings. The molecule has 0 aromatic carbocycles. The van der Waals surface area contributed by atoms with E-state index in [1.165, 1.54) is 0 Å². The number of rotatable bonds is 4. The Bertz CT molecular complexity index is 755. The summed E-state index contributed by atoms with van der Waals surface area (Å²) in [5, 5.41) is 4.11. The molecule has 2 fully saturated rings. The van der Waals surface area contributed by atoms with Crippen LogP contribution >= 0.6 is 11.3 Å². The van der Waals surface area contributed by atoms with Crippen LogP contribution in [0.3, 0.4) is 0 Å². The van der Waals surface area contributed by atoms with Crippen molar-refractivity contribution in [2.45, 2.75) is 38.6 Å². The Morgan fingerprint density at radius 3 is 3.00 bits per heavy atom. The molecule has 0 N–H and O–H groups in total. The molecule has 2 aliphatic rings. The van der Waals surface area contributed by atoms with Crippen molar-refractivity contribution >= 4 is 23.1 Å². The summed E-state index contributed by atoms with van der Waals surface area (Å²) in [4.78, 5) is 25.4. The molecule has 1 amide bonds. The summed E-state index contributed by atoms with van der Waals surface area (Å²) in [5.41, 5.74) is 2.46. The number of hydrogen-bond donors (Lipinski definition) is 0. The molecule has 0 bridgehead atoms. The lowest BCUT2D eigenvalue weighted by atomic mass is 9.64. The lowest BCUT2D eigenvalue weighted by molar-refractivity contribution is -0.130. The molecule has 4 rings (SSSR count). The lowest BCUT2D eigenvalue weighted by Crippen LogP contribution is -2.51. The molecule has 5 nitrogen and oxygen atoms in total. The van der Waals surface area contributed by atoms with Crippen LogP contribution in [-0.2, 0) is 11.2 Å². The largest absolute Gasteiger partial charge is 0.357 e. The van der Waals surface area contributed by atoms with E-state index in [-0.39, 0.29) is 5.91 Å². The summed E-state index contributed by atoms with van der Waals surface area (Å²) < 4.78 is 0. The minimum absolute atomic E-state index is 0.276. The van der Waals surface area contributed by atoms with Gasteiger partial charge in [0.1, 0.15) is 12.1 Å². The van der Waals surface area contributed by atoms with E-state index in [1.807, 2.05) is 24.4 Å². The first kappa shape index (κ1) is 16.5. The van der Waals surface area contributed by atoms with Gasteiger partial charge in [0.15, 0.2) is 0 Å². The Hall–Kier alpha value is -1.95. The Morgan fingerprint density at radius 2 is 2.28 bits per heavy atom. The van der Waals surface area contributed by atoms with E-state index in [0.29, 0.717) is 17.9 Å². The van der Waals surface area contributed by atoms with Crippen LogP contribution in [0.25, 0.3) is 0 Å². The highest BCUT2D eigenvalue weighted by atomic mass is 32.1. The number of amides is 1. The average molecular weight is 356 g/mol. The van der Waals surface area contributed by atoms with E-state index in [2.05, 4.69) is 32.2 Å². The number of carbonyl (C=O) groups excluding carboxylic acids is 1. The molecule has 1 saturated carbocycles. The summed E-state index contributed by atoms with van der Waals surface area (Å²) in [6.07, 6.45) is 5.61. The normalized spacial score (nSPS) is 25.2. The molecule has 25 heavy (non-hydrogen) atoms. The van der Waals surface area contributed by atoms with Crippen LogP contribution in [0, 0.1) is 12.3 Å². The number of carbonyl (C=O) groups is 1. The maximum atomic E-state index is 12.5. The van der Waals surface area contributed by atoms with Crippen molar-refractivity contribution in [2.75, 3.05) is 25.0 Å². The molecule has 2 aromatic heterocycles. The Kier molecular flexibility index (Phi) is 4.23. The van der Waals surface area contributed by atoms with Crippen LogP contribution < -0.4 is 4.90 Å². The lowest BCUT2D eigenvalue weighted by Gasteiger charge is -2.49. The monoisotopic (exact) mass is 356 g/mol. The first-order valence-corrected chi connectivity index (χ1v) is 9.79. The predicted molar refractivity (Wildman–Crippen MR) is 99.8 cm³/mol. The van der Waals surface area contributed by atoms with Crippen molar-refractivity contribution in [3.8, 4) is 0 Å². The second kappa shape index (κ2) is 6.41. The standard InChI is InChI=1S/C19H24N4OS/c1-14-7-17(21-13-20-14)22(2)16-9-19(10-16)4-5-23(12-19)18(24)8-15-3-6-25-11-15/h3,6-7,11,13,16H,4-5,8-10,12H2,1-2H3. The van der Waals surface area contributed by atoms with Gasteiger partial charge in [-0.15, -0.1) is 0 Å².